The number of hydrogen-bond acceptors (Lipinski definition) is 2. The van der Waals surface area contributed by atoms with Gasteiger partial charge in [0.15, 0.2) is 0 Å². The Morgan fingerprint density at radius 3 is 2.60 bits per heavy atom. The number of alkyl halides is 3. The van der Waals surface area contributed by atoms with Gasteiger partial charge in [-0.05, 0) is 43.0 Å². The van der Waals surface area contributed by atoms with Crippen molar-refractivity contribution in [3.63, 3.8) is 0 Å². The average molecular weight is 287 g/mol. The normalized spacial score (nSPS) is 17.1. The summed E-state index contributed by atoms with van der Waals surface area (Å²) >= 11 is 0. The van der Waals surface area contributed by atoms with Crippen LogP contribution in [0.4, 0.5) is 13.2 Å². The predicted octanol–water partition coefficient (Wildman–Crippen LogP) is 4.26. The van der Waals surface area contributed by atoms with Crippen molar-refractivity contribution in [2.45, 2.75) is 45.0 Å². The highest BCUT2D eigenvalue weighted by Crippen LogP contribution is 2.24. The Labute approximate surface area is 117 Å². The summed E-state index contributed by atoms with van der Waals surface area (Å²) < 4.78 is 40.3. The zero-order chi connectivity index (χ0) is 14.4. The summed E-state index contributed by atoms with van der Waals surface area (Å²) in [4.78, 5) is 0. The minimum atomic E-state index is -4.63. The fourth-order valence-electron chi connectivity index (χ4n) is 2.66. The standard InChI is InChI=1S/C15H20F3NO/c16-15(17,18)20-14-8-4-7-13(9-14)11-19-10-12-5-2-1-3-6-12/h4,7-9,12,19H,1-3,5-6,10-11H2. The Bertz CT molecular complexity index is 414. The maximum absolute atomic E-state index is 12.1. The second-order valence-electron chi connectivity index (χ2n) is 5.33. The predicted molar refractivity (Wildman–Crippen MR) is 71.4 cm³/mol. The molecule has 1 aliphatic rings. The van der Waals surface area contributed by atoms with Crippen LogP contribution in [0, 0.1) is 5.92 Å². The Kier molecular flexibility index (Phi) is 5.29. The Morgan fingerprint density at radius 2 is 1.90 bits per heavy atom. The smallest absolute Gasteiger partial charge is 0.406 e. The lowest BCUT2D eigenvalue weighted by Gasteiger charge is -2.21. The van der Waals surface area contributed by atoms with Crippen LogP contribution in [0.3, 0.4) is 0 Å². The summed E-state index contributed by atoms with van der Waals surface area (Å²) in [7, 11) is 0. The van der Waals surface area contributed by atoms with E-state index < -0.39 is 6.36 Å². The molecule has 0 radical (unpaired) electrons. The number of hydrogen-bond donors (Lipinski definition) is 1. The van der Waals surface area contributed by atoms with E-state index in [4.69, 9.17) is 0 Å². The van der Waals surface area contributed by atoms with Crippen molar-refractivity contribution in [1.82, 2.24) is 5.32 Å². The van der Waals surface area contributed by atoms with Gasteiger partial charge in [0.25, 0.3) is 0 Å². The molecule has 112 valence electrons. The lowest BCUT2D eigenvalue weighted by molar-refractivity contribution is -0.274. The fraction of sp³-hybridized carbons (Fsp3) is 0.600. The fourth-order valence-corrected chi connectivity index (χ4v) is 2.66. The number of ether oxygens (including phenoxy) is 1. The number of benzene rings is 1. The van der Waals surface area contributed by atoms with E-state index in [-0.39, 0.29) is 5.75 Å². The number of nitrogens with one attached hydrogen (secondary N) is 1. The third-order valence-corrected chi connectivity index (χ3v) is 3.62. The number of halogens is 3. The molecule has 1 fully saturated rings. The van der Waals surface area contributed by atoms with E-state index in [9.17, 15) is 13.2 Å². The van der Waals surface area contributed by atoms with Crippen LogP contribution >= 0.6 is 0 Å². The van der Waals surface area contributed by atoms with E-state index in [0.29, 0.717) is 12.5 Å². The van der Waals surface area contributed by atoms with Crippen molar-refractivity contribution in [1.29, 1.82) is 0 Å². The molecule has 0 unspecified atom stereocenters. The minimum absolute atomic E-state index is 0.158. The molecule has 2 rings (SSSR count). The molecule has 20 heavy (non-hydrogen) atoms. The number of rotatable bonds is 5. The van der Waals surface area contributed by atoms with E-state index in [1.165, 1.54) is 44.2 Å². The molecule has 0 atom stereocenters. The van der Waals surface area contributed by atoms with Crippen LogP contribution in [0.15, 0.2) is 24.3 Å². The summed E-state index contributed by atoms with van der Waals surface area (Å²) in [6.45, 7) is 1.51. The zero-order valence-electron chi connectivity index (χ0n) is 11.4. The third kappa shape index (κ3) is 5.41. The first-order valence-corrected chi connectivity index (χ1v) is 7.08. The van der Waals surface area contributed by atoms with Gasteiger partial charge in [0.05, 0.1) is 0 Å². The molecule has 1 aromatic rings. The second kappa shape index (κ2) is 6.97. The van der Waals surface area contributed by atoms with Gasteiger partial charge in [-0.3, -0.25) is 0 Å². The monoisotopic (exact) mass is 287 g/mol. The van der Waals surface area contributed by atoms with Gasteiger partial charge in [-0.25, -0.2) is 0 Å². The molecule has 0 bridgehead atoms. The van der Waals surface area contributed by atoms with Gasteiger partial charge >= 0.3 is 6.36 Å². The first-order valence-electron chi connectivity index (χ1n) is 7.08. The lowest BCUT2D eigenvalue weighted by Crippen LogP contribution is -2.24. The van der Waals surface area contributed by atoms with E-state index in [1.807, 2.05) is 0 Å². The van der Waals surface area contributed by atoms with Crippen molar-refractivity contribution in [3.05, 3.63) is 29.8 Å². The highest BCUT2D eigenvalue weighted by atomic mass is 19.4. The molecule has 0 spiro atoms. The maximum atomic E-state index is 12.1. The maximum Gasteiger partial charge on any atom is 0.573 e. The molecular formula is C15H20F3NO. The molecule has 1 aliphatic carbocycles. The van der Waals surface area contributed by atoms with Crippen molar-refractivity contribution in [3.8, 4) is 5.75 Å². The van der Waals surface area contributed by atoms with E-state index >= 15 is 0 Å². The van der Waals surface area contributed by atoms with Crippen molar-refractivity contribution in [2.24, 2.45) is 5.92 Å². The van der Waals surface area contributed by atoms with Gasteiger partial charge in [0.2, 0.25) is 0 Å². The minimum Gasteiger partial charge on any atom is -0.406 e. The Morgan fingerprint density at radius 1 is 1.15 bits per heavy atom. The highest BCUT2D eigenvalue weighted by molar-refractivity contribution is 5.28. The third-order valence-electron chi connectivity index (χ3n) is 3.62. The Balaban J connectivity index is 1.79. The van der Waals surface area contributed by atoms with Gasteiger partial charge in [0.1, 0.15) is 5.75 Å². The summed E-state index contributed by atoms with van der Waals surface area (Å²) in [5.74, 6) is 0.549. The molecule has 1 saturated carbocycles. The van der Waals surface area contributed by atoms with Gasteiger partial charge in [-0.15, -0.1) is 13.2 Å². The van der Waals surface area contributed by atoms with E-state index in [1.54, 1.807) is 12.1 Å². The molecule has 2 nitrogen and oxygen atoms in total. The summed E-state index contributed by atoms with van der Waals surface area (Å²) in [6.07, 6.45) is 1.79. The molecular weight excluding hydrogens is 267 g/mol. The van der Waals surface area contributed by atoms with Gasteiger partial charge < -0.3 is 10.1 Å². The summed E-state index contributed by atoms with van der Waals surface area (Å²) in [6, 6.07) is 6.13. The summed E-state index contributed by atoms with van der Waals surface area (Å²) in [5.41, 5.74) is 0.808. The molecule has 0 heterocycles. The summed E-state index contributed by atoms with van der Waals surface area (Å²) in [5, 5.41) is 3.32. The van der Waals surface area contributed by atoms with Crippen molar-refractivity contribution < 1.29 is 17.9 Å². The molecule has 0 saturated heterocycles. The molecule has 0 aliphatic heterocycles. The molecule has 1 N–H and O–H groups in total. The highest BCUT2D eigenvalue weighted by Gasteiger charge is 2.31. The largest absolute Gasteiger partial charge is 0.573 e. The SMILES string of the molecule is FC(F)(F)Oc1cccc(CNCC2CCCCC2)c1. The first-order chi connectivity index (χ1) is 9.53. The van der Waals surface area contributed by atoms with E-state index in [2.05, 4.69) is 10.1 Å². The second-order valence-corrected chi connectivity index (χ2v) is 5.33. The average Bonchev–Trinajstić information content (AvgIpc) is 2.38. The lowest BCUT2D eigenvalue weighted by atomic mass is 9.89. The van der Waals surface area contributed by atoms with Crippen LogP contribution in [0.5, 0.6) is 5.75 Å². The zero-order valence-corrected chi connectivity index (χ0v) is 11.4. The van der Waals surface area contributed by atoms with E-state index in [0.717, 1.165) is 12.1 Å². The van der Waals surface area contributed by atoms with Crippen LogP contribution in [-0.2, 0) is 6.54 Å². The van der Waals surface area contributed by atoms with Crippen molar-refractivity contribution in [2.75, 3.05) is 6.54 Å². The molecule has 0 amide bonds. The quantitative estimate of drug-likeness (QED) is 0.874. The van der Waals surface area contributed by atoms with Crippen LogP contribution in [-0.4, -0.2) is 12.9 Å². The topological polar surface area (TPSA) is 21.3 Å². The first kappa shape index (κ1) is 15.2. The van der Waals surface area contributed by atoms with Crippen LogP contribution in [0.2, 0.25) is 0 Å². The van der Waals surface area contributed by atoms with Crippen LogP contribution in [0.1, 0.15) is 37.7 Å². The molecule has 0 aromatic heterocycles. The van der Waals surface area contributed by atoms with Gasteiger partial charge in [-0.1, -0.05) is 31.4 Å². The van der Waals surface area contributed by atoms with Gasteiger partial charge in [-0.2, -0.15) is 0 Å². The van der Waals surface area contributed by atoms with Crippen LogP contribution in [0.25, 0.3) is 0 Å². The van der Waals surface area contributed by atoms with Crippen molar-refractivity contribution >= 4 is 0 Å². The molecule has 5 heteroatoms. The Hall–Kier alpha value is -1.23. The molecule has 1 aromatic carbocycles. The van der Waals surface area contributed by atoms with Crippen LogP contribution < -0.4 is 10.1 Å². The van der Waals surface area contributed by atoms with Gasteiger partial charge in [0, 0.05) is 6.54 Å².